The van der Waals surface area contributed by atoms with E-state index in [1.54, 1.807) is 0 Å². The monoisotopic (exact) mass is 419 g/mol. The lowest BCUT2D eigenvalue weighted by Crippen LogP contribution is -2.38. The molecule has 3 nitrogen and oxygen atoms in total. The van der Waals surface area contributed by atoms with Crippen LogP contribution >= 0.6 is 11.3 Å². The van der Waals surface area contributed by atoms with E-state index < -0.39 is 0 Å². The van der Waals surface area contributed by atoms with E-state index in [9.17, 15) is 4.79 Å². The lowest BCUT2D eigenvalue weighted by Gasteiger charge is -2.31. The number of thiophene rings is 1. The van der Waals surface area contributed by atoms with E-state index >= 15 is 0 Å². The van der Waals surface area contributed by atoms with Crippen LogP contribution in [0.4, 0.5) is 0 Å². The molecule has 2 aromatic carbocycles. The van der Waals surface area contributed by atoms with Crippen molar-refractivity contribution in [2.75, 3.05) is 13.1 Å². The second-order valence-corrected chi connectivity index (χ2v) is 9.27. The Morgan fingerprint density at radius 3 is 2.40 bits per heavy atom. The molecule has 0 unspecified atom stereocenters. The Labute approximate surface area is 183 Å². The van der Waals surface area contributed by atoms with Gasteiger partial charge in [0.1, 0.15) is 12.4 Å². The zero-order valence-corrected chi connectivity index (χ0v) is 18.6. The highest BCUT2D eigenvalue weighted by molar-refractivity contribution is 7.12. The highest BCUT2D eigenvalue weighted by Crippen LogP contribution is 2.25. The number of amides is 1. The van der Waals surface area contributed by atoms with E-state index in [1.807, 2.05) is 28.5 Å². The van der Waals surface area contributed by atoms with Crippen LogP contribution in [0.5, 0.6) is 5.75 Å². The Morgan fingerprint density at radius 2 is 1.70 bits per heavy atom. The third-order valence-corrected chi connectivity index (χ3v) is 6.70. The van der Waals surface area contributed by atoms with Crippen molar-refractivity contribution in [2.24, 2.45) is 5.92 Å². The van der Waals surface area contributed by atoms with Crippen LogP contribution in [-0.2, 0) is 13.0 Å². The fraction of sp³-hybridized carbons (Fsp3) is 0.346. The molecule has 1 fully saturated rings. The van der Waals surface area contributed by atoms with Crippen molar-refractivity contribution in [3.8, 4) is 5.75 Å². The average molecular weight is 420 g/mol. The van der Waals surface area contributed by atoms with E-state index in [4.69, 9.17) is 4.74 Å². The molecule has 1 aliphatic heterocycles. The first-order valence-corrected chi connectivity index (χ1v) is 11.6. The first-order valence-electron chi connectivity index (χ1n) is 10.7. The molecule has 1 amide bonds. The number of likely N-dealkylation sites (tertiary alicyclic amines) is 1. The fourth-order valence-corrected chi connectivity index (χ4v) is 5.05. The second kappa shape index (κ2) is 9.48. The quantitative estimate of drug-likeness (QED) is 0.487. The Bertz CT molecular complexity index is 967. The molecule has 0 spiro atoms. The van der Waals surface area contributed by atoms with Crippen molar-refractivity contribution in [1.82, 2.24) is 4.90 Å². The average Bonchev–Trinajstić information content (AvgIpc) is 3.21. The van der Waals surface area contributed by atoms with Gasteiger partial charge in [-0.3, -0.25) is 4.79 Å². The molecule has 0 saturated carbocycles. The van der Waals surface area contributed by atoms with Crippen LogP contribution in [0, 0.1) is 19.8 Å². The van der Waals surface area contributed by atoms with Crippen LogP contribution in [0.1, 0.15) is 44.8 Å². The van der Waals surface area contributed by atoms with E-state index in [0.29, 0.717) is 12.5 Å². The number of piperidine rings is 1. The number of hydrogen-bond donors (Lipinski definition) is 0. The van der Waals surface area contributed by atoms with Gasteiger partial charge in [0.05, 0.1) is 4.88 Å². The highest BCUT2D eigenvalue weighted by Gasteiger charge is 2.24. The zero-order valence-electron chi connectivity index (χ0n) is 17.8. The summed E-state index contributed by atoms with van der Waals surface area (Å²) in [5.74, 6) is 1.71. The van der Waals surface area contributed by atoms with Gasteiger partial charge < -0.3 is 9.64 Å². The van der Waals surface area contributed by atoms with Crippen molar-refractivity contribution in [3.63, 3.8) is 0 Å². The number of aryl methyl sites for hydroxylation is 2. The summed E-state index contributed by atoms with van der Waals surface area (Å²) in [6.07, 6.45) is 3.27. The van der Waals surface area contributed by atoms with Gasteiger partial charge in [-0.05, 0) is 79.3 Å². The molecular weight excluding hydrogens is 390 g/mol. The molecule has 0 bridgehead atoms. The summed E-state index contributed by atoms with van der Waals surface area (Å²) in [6, 6.07) is 18.9. The third kappa shape index (κ3) is 5.31. The molecule has 3 aromatic rings. The maximum atomic E-state index is 12.9. The van der Waals surface area contributed by atoms with Gasteiger partial charge in [-0.1, -0.05) is 36.4 Å². The molecule has 156 valence electrons. The van der Waals surface area contributed by atoms with Gasteiger partial charge in [-0.25, -0.2) is 0 Å². The van der Waals surface area contributed by atoms with Crippen molar-refractivity contribution >= 4 is 17.2 Å². The Kier molecular flexibility index (Phi) is 6.53. The maximum absolute atomic E-state index is 12.9. The first kappa shape index (κ1) is 20.7. The van der Waals surface area contributed by atoms with E-state index in [2.05, 4.69) is 50.2 Å². The highest BCUT2D eigenvalue weighted by atomic mass is 32.1. The van der Waals surface area contributed by atoms with Gasteiger partial charge in [0.25, 0.3) is 5.91 Å². The zero-order chi connectivity index (χ0) is 20.9. The molecule has 1 aromatic heterocycles. The maximum Gasteiger partial charge on any atom is 0.263 e. The smallest absolute Gasteiger partial charge is 0.263 e. The minimum atomic E-state index is 0.163. The number of ether oxygens (including phenoxy) is 1. The van der Waals surface area contributed by atoms with Gasteiger partial charge in [0.2, 0.25) is 0 Å². The van der Waals surface area contributed by atoms with Crippen LogP contribution in [0.15, 0.2) is 60.0 Å². The predicted octanol–water partition coefficient (Wildman–Crippen LogP) is 6.04. The molecule has 0 atom stereocenters. The van der Waals surface area contributed by atoms with Gasteiger partial charge in [0, 0.05) is 18.7 Å². The summed E-state index contributed by atoms with van der Waals surface area (Å²) in [7, 11) is 0. The molecule has 0 aliphatic carbocycles. The van der Waals surface area contributed by atoms with Gasteiger partial charge in [-0.2, -0.15) is 0 Å². The second-order valence-electron chi connectivity index (χ2n) is 8.36. The first-order chi connectivity index (χ1) is 14.6. The van der Waals surface area contributed by atoms with Crippen LogP contribution in [0.3, 0.4) is 0 Å². The molecule has 0 N–H and O–H groups in total. The van der Waals surface area contributed by atoms with Gasteiger partial charge >= 0.3 is 0 Å². The Hall–Kier alpha value is -2.59. The minimum Gasteiger partial charge on any atom is -0.489 e. The Balaban J connectivity index is 1.29. The molecular formula is C26H29NO2S. The van der Waals surface area contributed by atoms with E-state index in [-0.39, 0.29) is 5.91 Å². The lowest BCUT2D eigenvalue weighted by atomic mass is 9.90. The number of benzene rings is 2. The summed E-state index contributed by atoms with van der Waals surface area (Å²) in [6.45, 7) is 6.34. The van der Waals surface area contributed by atoms with Crippen LogP contribution < -0.4 is 4.74 Å². The van der Waals surface area contributed by atoms with Crippen molar-refractivity contribution in [1.29, 1.82) is 0 Å². The number of rotatable bonds is 6. The van der Waals surface area contributed by atoms with Crippen LogP contribution in [0.2, 0.25) is 0 Å². The summed E-state index contributed by atoms with van der Waals surface area (Å²) >= 11 is 1.52. The molecule has 0 radical (unpaired) electrons. The summed E-state index contributed by atoms with van der Waals surface area (Å²) < 4.78 is 5.94. The van der Waals surface area contributed by atoms with E-state index in [0.717, 1.165) is 48.5 Å². The van der Waals surface area contributed by atoms with E-state index in [1.165, 1.54) is 28.0 Å². The molecule has 4 heteroatoms. The summed E-state index contributed by atoms with van der Waals surface area (Å²) in [5, 5.41) is 2.04. The van der Waals surface area contributed by atoms with Crippen molar-refractivity contribution in [3.05, 3.63) is 87.1 Å². The molecule has 2 heterocycles. The molecule has 1 saturated heterocycles. The van der Waals surface area contributed by atoms with Crippen molar-refractivity contribution < 1.29 is 9.53 Å². The standard InChI is InChI=1S/C26H29NO2S/c1-19-12-20(2)14-24(13-19)29-17-23-16-25(30-18-23)26(28)27-10-8-22(9-11-27)15-21-6-4-3-5-7-21/h3-7,12-14,16,18,22H,8-11,15,17H2,1-2H3. The number of carbonyl (C=O) groups is 1. The normalized spacial score (nSPS) is 14.7. The molecule has 1 aliphatic rings. The Morgan fingerprint density at radius 1 is 1.00 bits per heavy atom. The van der Waals surface area contributed by atoms with Crippen molar-refractivity contribution in [2.45, 2.75) is 39.7 Å². The number of hydrogen-bond acceptors (Lipinski definition) is 3. The van der Waals surface area contributed by atoms with Crippen LogP contribution in [0.25, 0.3) is 0 Å². The number of nitrogens with zero attached hydrogens (tertiary/aromatic N) is 1. The molecule has 30 heavy (non-hydrogen) atoms. The third-order valence-electron chi connectivity index (χ3n) is 5.73. The lowest BCUT2D eigenvalue weighted by molar-refractivity contribution is 0.0695. The van der Waals surface area contributed by atoms with Gasteiger partial charge in [-0.15, -0.1) is 11.3 Å². The SMILES string of the molecule is Cc1cc(C)cc(OCc2csc(C(=O)N3CCC(Cc4ccccc4)CC3)c2)c1. The minimum absolute atomic E-state index is 0.163. The molecule has 4 rings (SSSR count). The van der Waals surface area contributed by atoms with Gasteiger partial charge in [0.15, 0.2) is 0 Å². The van der Waals surface area contributed by atoms with Crippen LogP contribution in [-0.4, -0.2) is 23.9 Å². The number of carbonyl (C=O) groups excluding carboxylic acids is 1. The largest absolute Gasteiger partial charge is 0.489 e. The summed E-state index contributed by atoms with van der Waals surface area (Å²) in [5.41, 5.74) is 4.85. The summed E-state index contributed by atoms with van der Waals surface area (Å²) in [4.78, 5) is 15.8. The predicted molar refractivity (Wildman–Crippen MR) is 123 cm³/mol. The fourth-order valence-electron chi connectivity index (χ4n) is 4.19. The topological polar surface area (TPSA) is 29.5 Å².